The van der Waals surface area contributed by atoms with Gasteiger partial charge in [-0.25, -0.2) is 0 Å². The predicted octanol–water partition coefficient (Wildman–Crippen LogP) is 1.96. The van der Waals surface area contributed by atoms with Gasteiger partial charge in [0.05, 0.1) is 0 Å². The van der Waals surface area contributed by atoms with Crippen LogP contribution in [-0.4, -0.2) is 36.0 Å². The average Bonchev–Trinajstić information content (AvgIpc) is 2.62. The molecule has 1 aromatic carbocycles. The quantitative estimate of drug-likeness (QED) is 0.819. The molecule has 0 spiro atoms. The van der Waals surface area contributed by atoms with Crippen LogP contribution < -0.4 is 5.32 Å². The molecule has 0 aliphatic carbocycles. The monoisotopic (exact) mass is 244 g/mol. The van der Waals surface area contributed by atoms with Gasteiger partial charge in [0.15, 0.2) is 0 Å². The van der Waals surface area contributed by atoms with E-state index in [1.807, 2.05) is 31.2 Å². The summed E-state index contributed by atoms with van der Waals surface area (Å²) in [5.74, 6) is 0.218. The zero-order valence-electron chi connectivity index (χ0n) is 10.9. The van der Waals surface area contributed by atoms with Gasteiger partial charge in [-0.2, -0.15) is 0 Å². The Kier molecular flexibility index (Phi) is 3.08. The summed E-state index contributed by atoms with van der Waals surface area (Å²) in [6.07, 6.45) is 3.41. The second-order valence-corrected chi connectivity index (χ2v) is 5.46. The summed E-state index contributed by atoms with van der Waals surface area (Å²) in [7, 11) is 0. The van der Waals surface area contributed by atoms with E-state index in [2.05, 4.69) is 10.2 Å². The number of amides is 1. The van der Waals surface area contributed by atoms with Crippen molar-refractivity contribution in [2.45, 2.75) is 38.3 Å². The molecule has 2 atom stereocenters. The van der Waals surface area contributed by atoms with Gasteiger partial charge in [-0.15, -0.1) is 0 Å². The van der Waals surface area contributed by atoms with Gasteiger partial charge in [-0.1, -0.05) is 17.7 Å². The maximum Gasteiger partial charge on any atom is 0.254 e. The zero-order valence-corrected chi connectivity index (χ0v) is 10.9. The zero-order chi connectivity index (χ0) is 12.5. The van der Waals surface area contributed by atoms with E-state index in [-0.39, 0.29) is 5.91 Å². The van der Waals surface area contributed by atoms with Gasteiger partial charge in [0.2, 0.25) is 0 Å². The molecule has 3 nitrogen and oxygen atoms in total. The van der Waals surface area contributed by atoms with Crippen LogP contribution in [0.2, 0.25) is 0 Å². The third kappa shape index (κ3) is 2.03. The fourth-order valence-corrected chi connectivity index (χ4v) is 3.24. The standard InChI is InChI=1S/C15H20N2O/c1-11-3-2-4-12(9-11)15(18)17-13-5-6-14(17)10-16-8-7-13/h2-4,9,13-14,16H,5-8,10H2,1H3. The molecule has 3 rings (SSSR count). The van der Waals surface area contributed by atoms with Gasteiger partial charge < -0.3 is 10.2 Å². The van der Waals surface area contributed by atoms with Crippen LogP contribution in [0.3, 0.4) is 0 Å². The number of nitrogens with one attached hydrogen (secondary N) is 1. The molecule has 96 valence electrons. The third-order valence-corrected chi connectivity index (χ3v) is 4.15. The molecule has 0 radical (unpaired) electrons. The number of hydrogen-bond donors (Lipinski definition) is 1. The molecule has 2 aliphatic heterocycles. The first kappa shape index (κ1) is 11.7. The summed E-state index contributed by atoms with van der Waals surface area (Å²) < 4.78 is 0. The third-order valence-electron chi connectivity index (χ3n) is 4.15. The minimum atomic E-state index is 0.218. The lowest BCUT2D eigenvalue weighted by atomic mass is 10.1. The Morgan fingerprint density at radius 1 is 1.28 bits per heavy atom. The van der Waals surface area contributed by atoms with Crippen molar-refractivity contribution in [2.75, 3.05) is 13.1 Å². The summed E-state index contributed by atoms with van der Waals surface area (Å²) in [6.45, 7) is 4.03. The molecule has 1 N–H and O–H groups in total. The minimum Gasteiger partial charge on any atom is -0.331 e. The molecule has 1 amide bonds. The van der Waals surface area contributed by atoms with E-state index in [1.165, 1.54) is 6.42 Å². The Bertz CT molecular complexity index is 444. The molecule has 2 saturated heterocycles. The predicted molar refractivity (Wildman–Crippen MR) is 71.6 cm³/mol. The SMILES string of the molecule is Cc1cccc(C(=O)N2C3CCNCC2CC3)c1. The lowest BCUT2D eigenvalue weighted by Gasteiger charge is -2.28. The van der Waals surface area contributed by atoms with Crippen molar-refractivity contribution in [2.24, 2.45) is 0 Å². The summed E-state index contributed by atoms with van der Waals surface area (Å²) >= 11 is 0. The smallest absolute Gasteiger partial charge is 0.254 e. The Morgan fingerprint density at radius 2 is 2.11 bits per heavy atom. The normalized spacial score (nSPS) is 27.1. The van der Waals surface area contributed by atoms with E-state index >= 15 is 0 Å². The van der Waals surface area contributed by atoms with Gasteiger partial charge in [0.25, 0.3) is 5.91 Å². The van der Waals surface area contributed by atoms with Crippen LogP contribution in [0.25, 0.3) is 0 Å². The van der Waals surface area contributed by atoms with E-state index in [9.17, 15) is 4.79 Å². The fraction of sp³-hybridized carbons (Fsp3) is 0.533. The van der Waals surface area contributed by atoms with Crippen LogP contribution >= 0.6 is 0 Å². The molecular weight excluding hydrogens is 224 g/mol. The highest BCUT2D eigenvalue weighted by atomic mass is 16.2. The number of carbonyl (C=O) groups is 1. The fourth-order valence-electron chi connectivity index (χ4n) is 3.24. The van der Waals surface area contributed by atoms with Crippen molar-refractivity contribution < 1.29 is 4.79 Å². The maximum atomic E-state index is 12.7. The van der Waals surface area contributed by atoms with Gasteiger partial charge in [0, 0.05) is 24.2 Å². The lowest BCUT2D eigenvalue weighted by Crippen LogP contribution is -2.42. The molecule has 2 fully saturated rings. The number of hydrogen-bond acceptors (Lipinski definition) is 2. The molecule has 0 saturated carbocycles. The molecule has 2 heterocycles. The highest BCUT2D eigenvalue weighted by Crippen LogP contribution is 2.29. The van der Waals surface area contributed by atoms with E-state index < -0.39 is 0 Å². The Labute approximate surface area is 108 Å². The highest BCUT2D eigenvalue weighted by molar-refractivity contribution is 5.95. The van der Waals surface area contributed by atoms with Crippen molar-refractivity contribution in [3.05, 3.63) is 35.4 Å². The van der Waals surface area contributed by atoms with Crippen LogP contribution in [-0.2, 0) is 0 Å². The van der Waals surface area contributed by atoms with E-state index in [1.54, 1.807) is 0 Å². The Balaban J connectivity index is 1.87. The van der Waals surface area contributed by atoms with Crippen molar-refractivity contribution in [1.82, 2.24) is 10.2 Å². The first-order valence-corrected chi connectivity index (χ1v) is 6.86. The summed E-state index contributed by atoms with van der Waals surface area (Å²) in [6, 6.07) is 8.78. The number of carbonyl (C=O) groups excluding carboxylic acids is 1. The Hall–Kier alpha value is -1.35. The summed E-state index contributed by atoms with van der Waals surface area (Å²) in [5.41, 5.74) is 2.00. The van der Waals surface area contributed by atoms with E-state index in [0.29, 0.717) is 12.1 Å². The Morgan fingerprint density at radius 3 is 2.94 bits per heavy atom. The van der Waals surface area contributed by atoms with Crippen LogP contribution in [0.4, 0.5) is 0 Å². The van der Waals surface area contributed by atoms with Crippen LogP contribution in [0.5, 0.6) is 0 Å². The highest BCUT2D eigenvalue weighted by Gasteiger charge is 2.38. The van der Waals surface area contributed by atoms with Gasteiger partial charge in [-0.3, -0.25) is 4.79 Å². The first-order valence-electron chi connectivity index (χ1n) is 6.86. The lowest BCUT2D eigenvalue weighted by molar-refractivity contribution is 0.0680. The second kappa shape index (κ2) is 4.73. The van der Waals surface area contributed by atoms with Crippen LogP contribution in [0.1, 0.15) is 35.2 Å². The van der Waals surface area contributed by atoms with E-state index in [4.69, 9.17) is 0 Å². The molecule has 2 bridgehead atoms. The number of nitrogens with zero attached hydrogens (tertiary/aromatic N) is 1. The molecular formula is C15H20N2O. The van der Waals surface area contributed by atoms with Gasteiger partial charge in [0.1, 0.15) is 0 Å². The van der Waals surface area contributed by atoms with Crippen molar-refractivity contribution in [3.63, 3.8) is 0 Å². The molecule has 3 heteroatoms. The molecule has 2 aliphatic rings. The maximum absolute atomic E-state index is 12.7. The van der Waals surface area contributed by atoms with E-state index in [0.717, 1.165) is 37.1 Å². The van der Waals surface area contributed by atoms with Crippen molar-refractivity contribution in [1.29, 1.82) is 0 Å². The summed E-state index contributed by atoms with van der Waals surface area (Å²) in [4.78, 5) is 14.8. The summed E-state index contributed by atoms with van der Waals surface area (Å²) in [5, 5.41) is 3.43. The first-order chi connectivity index (χ1) is 8.75. The number of benzene rings is 1. The minimum absolute atomic E-state index is 0.218. The number of fused-ring (bicyclic) bond motifs is 2. The average molecular weight is 244 g/mol. The largest absolute Gasteiger partial charge is 0.331 e. The number of aryl methyl sites for hydroxylation is 1. The van der Waals surface area contributed by atoms with Gasteiger partial charge >= 0.3 is 0 Å². The molecule has 0 aromatic heterocycles. The molecule has 18 heavy (non-hydrogen) atoms. The topological polar surface area (TPSA) is 32.3 Å². The van der Waals surface area contributed by atoms with Crippen LogP contribution in [0.15, 0.2) is 24.3 Å². The van der Waals surface area contributed by atoms with Crippen molar-refractivity contribution >= 4 is 5.91 Å². The second-order valence-electron chi connectivity index (χ2n) is 5.46. The van der Waals surface area contributed by atoms with Crippen molar-refractivity contribution in [3.8, 4) is 0 Å². The van der Waals surface area contributed by atoms with Crippen LogP contribution in [0, 0.1) is 6.92 Å². The van der Waals surface area contributed by atoms with Gasteiger partial charge in [-0.05, 0) is 44.9 Å². The molecule has 2 unspecified atom stereocenters. The number of rotatable bonds is 1. The molecule has 1 aromatic rings.